The van der Waals surface area contributed by atoms with Crippen LogP contribution in [0, 0.1) is 21.4 Å². The van der Waals surface area contributed by atoms with Gasteiger partial charge in [0.25, 0.3) is 0 Å². The number of nitriles is 1. The third-order valence-corrected chi connectivity index (χ3v) is 3.84. The molecule has 0 aliphatic carbocycles. The van der Waals surface area contributed by atoms with Gasteiger partial charge in [0.1, 0.15) is 5.75 Å². The van der Waals surface area contributed by atoms with Crippen LogP contribution in [0.4, 0.5) is 5.69 Å². The van der Waals surface area contributed by atoms with Crippen molar-refractivity contribution in [2.24, 2.45) is 0 Å². The van der Waals surface area contributed by atoms with Gasteiger partial charge in [0.2, 0.25) is 11.5 Å². The van der Waals surface area contributed by atoms with E-state index >= 15 is 0 Å². The quantitative estimate of drug-likeness (QED) is 0.317. The van der Waals surface area contributed by atoms with Gasteiger partial charge in [-0.3, -0.25) is 10.1 Å². The summed E-state index contributed by atoms with van der Waals surface area (Å²) in [5.74, 6) is 0.903. The third kappa shape index (κ3) is 3.93. The van der Waals surface area contributed by atoms with Gasteiger partial charge >= 0.3 is 5.69 Å². The van der Waals surface area contributed by atoms with E-state index in [1.54, 1.807) is 24.3 Å². The standard InChI is InChI=1S/C19H18N2O6/c1-24-15-7-5-12(6-8-15)14(11-20)9-13-10-16(25-2)18(26-3)19(27-4)17(13)21(22)23/h5-10H,1-4H3/b14-9-. The third-order valence-electron chi connectivity index (χ3n) is 3.84. The molecule has 0 N–H and O–H groups in total. The normalized spacial score (nSPS) is 10.7. The van der Waals surface area contributed by atoms with E-state index in [2.05, 4.69) is 6.07 Å². The van der Waals surface area contributed by atoms with E-state index in [-0.39, 0.29) is 34.1 Å². The molecule has 27 heavy (non-hydrogen) atoms. The second kappa shape index (κ2) is 8.58. The van der Waals surface area contributed by atoms with Gasteiger partial charge in [0.15, 0.2) is 5.75 Å². The Morgan fingerprint density at radius 3 is 2.11 bits per heavy atom. The van der Waals surface area contributed by atoms with Crippen LogP contribution in [0.15, 0.2) is 30.3 Å². The van der Waals surface area contributed by atoms with Gasteiger partial charge in [-0.05, 0) is 42.0 Å². The molecule has 140 valence electrons. The minimum Gasteiger partial charge on any atom is -0.497 e. The monoisotopic (exact) mass is 370 g/mol. The Morgan fingerprint density at radius 1 is 1.04 bits per heavy atom. The molecule has 8 heteroatoms. The summed E-state index contributed by atoms with van der Waals surface area (Å²) in [6.45, 7) is 0. The summed E-state index contributed by atoms with van der Waals surface area (Å²) in [5.41, 5.74) is 0.648. The van der Waals surface area contributed by atoms with Crippen molar-refractivity contribution in [1.29, 1.82) is 5.26 Å². The first-order valence-electron chi connectivity index (χ1n) is 7.74. The number of nitrogens with zero attached hydrogens (tertiary/aromatic N) is 2. The van der Waals surface area contributed by atoms with E-state index in [4.69, 9.17) is 18.9 Å². The van der Waals surface area contributed by atoms with Gasteiger partial charge in [-0.1, -0.05) is 0 Å². The van der Waals surface area contributed by atoms with E-state index in [0.29, 0.717) is 11.3 Å². The smallest absolute Gasteiger partial charge is 0.322 e. The molecule has 0 aliphatic rings. The zero-order valence-corrected chi connectivity index (χ0v) is 15.3. The molecular formula is C19H18N2O6. The Balaban J connectivity index is 2.72. The van der Waals surface area contributed by atoms with E-state index in [1.165, 1.54) is 40.6 Å². The minimum atomic E-state index is -0.588. The molecule has 2 aromatic carbocycles. The summed E-state index contributed by atoms with van der Waals surface area (Å²) in [5, 5.41) is 21.2. The summed E-state index contributed by atoms with van der Waals surface area (Å²) < 4.78 is 20.7. The van der Waals surface area contributed by atoms with Crippen LogP contribution in [0.25, 0.3) is 11.6 Å². The number of benzene rings is 2. The fourth-order valence-electron chi connectivity index (χ4n) is 2.56. The van der Waals surface area contributed by atoms with Gasteiger partial charge in [0, 0.05) is 0 Å². The molecule has 0 atom stereocenters. The number of hydrogen-bond acceptors (Lipinski definition) is 7. The maximum atomic E-state index is 11.7. The molecule has 0 radical (unpaired) electrons. The first kappa shape index (κ1) is 19.6. The average molecular weight is 370 g/mol. The highest BCUT2D eigenvalue weighted by Gasteiger charge is 2.28. The van der Waals surface area contributed by atoms with Crippen LogP contribution in [0.5, 0.6) is 23.0 Å². The van der Waals surface area contributed by atoms with E-state index < -0.39 is 4.92 Å². The fraction of sp³-hybridized carbons (Fsp3) is 0.211. The Hall–Kier alpha value is -3.73. The second-order valence-electron chi connectivity index (χ2n) is 5.24. The number of nitro benzene ring substituents is 1. The number of ether oxygens (including phenoxy) is 4. The Kier molecular flexibility index (Phi) is 6.23. The maximum absolute atomic E-state index is 11.7. The summed E-state index contributed by atoms with van der Waals surface area (Å²) in [6, 6.07) is 10.3. The van der Waals surface area contributed by atoms with Crippen molar-refractivity contribution in [3.63, 3.8) is 0 Å². The van der Waals surface area contributed by atoms with Crippen molar-refractivity contribution in [3.05, 3.63) is 51.6 Å². The van der Waals surface area contributed by atoms with Crippen molar-refractivity contribution in [3.8, 4) is 29.1 Å². The molecule has 0 fully saturated rings. The Bertz CT molecular complexity index is 913. The van der Waals surface area contributed by atoms with E-state index in [9.17, 15) is 15.4 Å². The molecule has 0 saturated carbocycles. The number of rotatable bonds is 7. The summed E-state index contributed by atoms with van der Waals surface area (Å²) in [4.78, 5) is 11.1. The molecule has 0 saturated heterocycles. The number of allylic oxidation sites excluding steroid dienone is 1. The van der Waals surface area contributed by atoms with Crippen molar-refractivity contribution in [2.45, 2.75) is 0 Å². The van der Waals surface area contributed by atoms with Crippen LogP contribution in [0.2, 0.25) is 0 Å². The number of hydrogen-bond donors (Lipinski definition) is 0. The Labute approximate surface area is 156 Å². The summed E-state index contributed by atoms with van der Waals surface area (Å²) in [6.07, 6.45) is 1.41. The van der Waals surface area contributed by atoms with Gasteiger partial charge in [-0.15, -0.1) is 0 Å². The first-order chi connectivity index (χ1) is 13.0. The average Bonchev–Trinajstić information content (AvgIpc) is 2.70. The van der Waals surface area contributed by atoms with Crippen LogP contribution in [-0.2, 0) is 0 Å². The molecule has 0 spiro atoms. The molecule has 0 bridgehead atoms. The molecule has 0 unspecified atom stereocenters. The van der Waals surface area contributed by atoms with E-state index in [0.717, 1.165) is 0 Å². The first-order valence-corrected chi connectivity index (χ1v) is 7.74. The summed E-state index contributed by atoms with van der Waals surface area (Å²) in [7, 11) is 5.60. The fourth-order valence-corrected chi connectivity index (χ4v) is 2.56. The molecular weight excluding hydrogens is 352 g/mol. The molecule has 0 amide bonds. The van der Waals surface area contributed by atoms with Crippen LogP contribution in [0.1, 0.15) is 11.1 Å². The largest absolute Gasteiger partial charge is 0.497 e. The van der Waals surface area contributed by atoms with Gasteiger partial charge in [-0.2, -0.15) is 5.26 Å². The molecule has 8 nitrogen and oxygen atoms in total. The zero-order valence-electron chi connectivity index (χ0n) is 15.3. The van der Waals surface area contributed by atoms with Crippen LogP contribution in [0.3, 0.4) is 0 Å². The van der Waals surface area contributed by atoms with Crippen molar-refractivity contribution in [2.75, 3.05) is 28.4 Å². The van der Waals surface area contributed by atoms with E-state index in [1.807, 2.05) is 0 Å². The number of nitro groups is 1. The molecule has 2 aromatic rings. The maximum Gasteiger partial charge on any atom is 0.322 e. The minimum absolute atomic E-state index is 0.0832. The van der Waals surface area contributed by atoms with Crippen LogP contribution in [-0.4, -0.2) is 33.4 Å². The van der Waals surface area contributed by atoms with Crippen molar-refractivity contribution in [1.82, 2.24) is 0 Å². The predicted octanol–water partition coefficient (Wildman–Crippen LogP) is 3.69. The SMILES string of the molecule is COc1ccc(/C(C#N)=C\c2cc(OC)c(OC)c(OC)c2[N+](=O)[O-])cc1. The lowest BCUT2D eigenvalue weighted by Crippen LogP contribution is -2.02. The zero-order chi connectivity index (χ0) is 20.0. The summed E-state index contributed by atoms with van der Waals surface area (Å²) >= 11 is 0. The van der Waals surface area contributed by atoms with Crippen molar-refractivity contribution >= 4 is 17.3 Å². The Morgan fingerprint density at radius 2 is 1.67 bits per heavy atom. The molecule has 2 rings (SSSR count). The van der Waals surface area contributed by atoms with Gasteiger partial charge < -0.3 is 18.9 Å². The lowest BCUT2D eigenvalue weighted by molar-refractivity contribution is -0.386. The molecule has 0 aliphatic heterocycles. The predicted molar refractivity (Wildman–Crippen MR) is 99.2 cm³/mol. The lowest BCUT2D eigenvalue weighted by atomic mass is 10.0. The highest BCUT2D eigenvalue weighted by Crippen LogP contribution is 2.47. The van der Waals surface area contributed by atoms with Gasteiger partial charge in [-0.25, -0.2) is 0 Å². The van der Waals surface area contributed by atoms with Gasteiger partial charge in [0.05, 0.1) is 50.6 Å². The van der Waals surface area contributed by atoms with Crippen LogP contribution < -0.4 is 18.9 Å². The highest BCUT2D eigenvalue weighted by molar-refractivity contribution is 5.92. The topological polar surface area (TPSA) is 104 Å². The molecule has 0 aromatic heterocycles. The molecule has 0 heterocycles. The number of methoxy groups -OCH3 is 4. The highest BCUT2D eigenvalue weighted by atomic mass is 16.6. The second-order valence-corrected chi connectivity index (χ2v) is 5.24. The lowest BCUT2D eigenvalue weighted by Gasteiger charge is -2.14. The van der Waals surface area contributed by atoms with Crippen LogP contribution >= 0.6 is 0 Å². The van der Waals surface area contributed by atoms with Crippen molar-refractivity contribution < 1.29 is 23.9 Å².